The van der Waals surface area contributed by atoms with Crippen LogP contribution in [0.3, 0.4) is 0 Å². The molecule has 2 atom stereocenters. The topological polar surface area (TPSA) is 59.1 Å². The lowest BCUT2D eigenvalue weighted by molar-refractivity contribution is -0.139. The fraction of sp³-hybridized carbons (Fsp3) is 0.333. The Bertz CT molecular complexity index is 1330. The Morgan fingerprint density at radius 2 is 1.69 bits per heavy atom. The lowest BCUT2D eigenvalue weighted by Crippen LogP contribution is -2.49. The molecule has 0 aromatic heterocycles. The van der Waals surface area contributed by atoms with Gasteiger partial charge in [0.15, 0.2) is 6.61 Å². The van der Waals surface area contributed by atoms with E-state index in [0.29, 0.717) is 22.8 Å². The van der Waals surface area contributed by atoms with Crippen LogP contribution in [0.2, 0.25) is 5.02 Å². The Hall–Kier alpha value is -3.10. The Kier molecular flexibility index (Phi) is 9.51. The normalized spacial score (nSPS) is 17.0. The van der Waals surface area contributed by atoms with Crippen molar-refractivity contribution in [3.8, 4) is 17.2 Å². The number of carbonyl (C=O) groups is 2. The third-order valence-corrected chi connectivity index (χ3v) is 7.63. The molecule has 1 aliphatic rings. The summed E-state index contributed by atoms with van der Waals surface area (Å²) in [6.45, 7) is 4.39. The summed E-state index contributed by atoms with van der Waals surface area (Å²) in [6.07, 6.45) is 3.15. The Morgan fingerprint density at radius 1 is 1.03 bits per heavy atom. The van der Waals surface area contributed by atoms with Crippen molar-refractivity contribution in [1.82, 2.24) is 9.80 Å². The lowest BCUT2D eigenvalue weighted by atomic mass is 9.97. The Labute approximate surface area is 241 Å². The maximum atomic E-state index is 13.5. The van der Waals surface area contributed by atoms with E-state index in [2.05, 4.69) is 29.8 Å². The van der Waals surface area contributed by atoms with Crippen molar-refractivity contribution in [3.05, 3.63) is 87.1 Å². The molecule has 0 saturated carbocycles. The van der Waals surface area contributed by atoms with E-state index in [0.717, 1.165) is 29.3 Å². The van der Waals surface area contributed by atoms with Gasteiger partial charge in [0.25, 0.3) is 11.8 Å². The molecule has 39 heavy (non-hydrogen) atoms. The van der Waals surface area contributed by atoms with Crippen molar-refractivity contribution in [2.24, 2.45) is 0 Å². The number of carbonyl (C=O) groups excluding carboxylic acids is 2. The molecule has 1 fully saturated rings. The minimum absolute atomic E-state index is 0.0231. The highest BCUT2D eigenvalue weighted by Crippen LogP contribution is 2.32. The molecule has 0 bridgehead atoms. The van der Waals surface area contributed by atoms with E-state index in [1.54, 1.807) is 42.3 Å². The number of hydrogen-bond acceptors (Lipinski definition) is 4. The van der Waals surface area contributed by atoms with Crippen molar-refractivity contribution in [3.63, 3.8) is 0 Å². The Morgan fingerprint density at radius 3 is 2.36 bits per heavy atom. The second-order valence-corrected chi connectivity index (χ2v) is 11.2. The molecule has 3 aromatic carbocycles. The average molecular weight is 618 g/mol. The summed E-state index contributed by atoms with van der Waals surface area (Å²) >= 11 is 9.34. The molecular weight excluding hydrogens is 587 g/mol. The molecule has 206 valence electrons. The number of halogens is 3. The molecule has 3 aromatic rings. The highest BCUT2D eigenvalue weighted by molar-refractivity contribution is 9.10. The highest BCUT2D eigenvalue weighted by Gasteiger charge is 2.29. The van der Waals surface area contributed by atoms with Gasteiger partial charge < -0.3 is 19.3 Å². The van der Waals surface area contributed by atoms with Crippen LogP contribution in [0, 0.1) is 5.82 Å². The van der Waals surface area contributed by atoms with E-state index in [1.165, 1.54) is 18.2 Å². The highest BCUT2D eigenvalue weighted by atomic mass is 79.9. The quantitative estimate of drug-likeness (QED) is 0.263. The first-order chi connectivity index (χ1) is 18.6. The van der Waals surface area contributed by atoms with E-state index < -0.39 is 5.82 Å². The lowest BCUT2D eigenvalue weighted by Gasteiger charge is -2.38. The number of piperidine rings is 1. The zero-order chi connectivity index (χ0) is 28.1. The van der Waals surface area contributed by atoms with E-state index in [4.69, 9.17) is 21.1 Å². The monoisotopic (exact) mass is 616 g/mol. The largest absolute Gasteiger partial charge is 0.484 e. The minimum atomic E-state index is -0.530. The zero-order valence-corrected chi connectivity index (χ0v) is 24.5. The van der Waals surface area contributed by atoms with Crippen molar-refractivity contribution >= 4 is 39.3 Å². The van der Waals surface area contributed by atoms with Crippen LogP contribution in [0.1, 0.15) is 49.0 Å². The molecule has 6 nitrogen and oxygen atoms in total. The summed E-state index contributed by atoms with van der Waals surface area (Å²) in [7, 11) is 1.70. The summed E-state index contributed by atoms with van der Waals surface area (Å²) in [4.78, 5) is 29.4. The second kappa shape index (κ2) is 12.8. The van der Waals surface area contributed by atoms with Gasteiger partial charge in [0.1, 0.15) is 23.1 Å². The number of hydrogen-bond donors (Lipinski definition) is 0. The summed E-state index contributed by atoms with van der Waals surface area (Å²) in [5.41, 5.74) is 1.24. The number of rotatable bonds is 8. The molecule has 1 aliphatic heterocycles. The van der Waals surface area contributed by atoms with Gasteiger partial charge in [0.05, 0.1) is 5.02 Å². The van der Waals surface area contributed by atoms with Gasteiger partial charge in [-0.3, -0.25) is 9.59 Å². The van der Waals surface area contributed by atoms with Crippen molar-refractivity contribution in [2.75, 3.05) is 13.7 Å². The number of nitrogens with zero attached hydrogens (tertiary/aromatic N) is 2. The summed E-state index contributed by atoms with van der Waals surface area (Å²) in [6, 6.07) is 16.8. The van der Waals surface area contributed by atoms with Crippen LogP contribution in [-0.2, 0) is 11.3 Å². The van der Waals surface area contributed by atoms with Gasteiger partial charge in [-0.1, -0.05) is 33.6 Å². The number of ether oxygens (including phenoxy) is 2. The summed E-state index contributed by atoms with van der Waals surface area (Å²) in [5, 5.41) is -0.0382. The van der Waals surface area contributed by atoms with Crippen molar-refractivity contribution in [1.29, 1.82) is 0 Å². The Balaban J connectivity index is 1.38. The van der Waals surface area contributed by atoms with E-state index in [-0.39, 0.29) is 42.1 Å². The molecule has 0 aliphatic carbocycles. The van der Waals surface area contributed by atoms with Crippen LogP contribution in [0.4, 0.5) is 4.39 Å². The molecule has 4 rings (SSSR count). The molecular formula is C30H31BrClFN2O4. The maximum Gasteiger partial charge on any atom is 0.260 e. The van der Waals surface area contributed by atoms with E-state index >= 15 is 0 Å². The predicted octanol–water partition coefficient (Wildman–Crippen LogP) is 7.47. The molecule has 0 spiro atoms. The fourth-order valence-corrected chi connectivity index (χ4v) is 5.31. The standard InChI is InChI=1S/C30H31BrClFN2O4/c1-19-5-4-6-20(2)35(19)29(36)18-38-24-11-8-21(9-12-24)30(37)34(3)17-22-7-10-23(31)15-28(22)39-25-13-14-27(33)26(32)16-25/h7-16,19-20H,4-6,17-18H2,1-3H3. The molecule has 1 heterocycles. The van der Waals surface area contributed by atoms with Gasteiger partial charge in [-0.25, -0.2) is 4.39 Å². The van der Waals surface area contributed by atoms with Gasteiger partial charge in [0, 0.05) is 47.3 Å². The van der Waals surface area contributed by atoms with Crippen LogP contribution < -0.4 is 9.47 Å². The maximum absolute atomic E-state index is 13.5. The first kappa shape index (κ1) is 28.9. The van der Waals surface area contributed by atoms with Crippen LogP contribution in [0.15, 0.2) is 65.1 Å². The molecule has 0 radical (unpaired) electrons. The smallest absolute Gasteiger partial charge is 0.260 e. The van der Waals surface area contributed by atoms with Gasteiger partial charge in [0.2, 0.25) is 0 Å². The third kappa shape index (κ3) is 7.31. The first-order valence-electron chi connectivity index (χ1n) is 12.8. The van der Waals surface area contributed by atoms with E-state index in [1.807, 2.05) is 17.0 Å². The van der Waals surface area contributed by atoms with Crippen LogP contribution in [-0.4, -0.2) is 47.4 Å². The number of likely N-dealkylation sites (tertiary alicyclic amines) is 1. The van der Waals surface area contributed by atoms with Crippen LogP contribution >= 0.6 is 27.5 Å². The predicted molar refractivity (Wildman–Crippen MR) is 153 cm³/mol. The second-order valence-electron chi connectivity index (χ2n) is 9.83. The number of amides is 2. The van der Waals surface area contributed by atoms with Crippen molar-refractivity contribution in [2.45, 2.75) is 51.7 Å². The number of benzene rings is 3. The molecule has 0 N–H and O–H groups in total. The minimum Gasteiger partial charge on any atom is -0.484 e. The van der Waals surface area contributed by atoms with E-state index in [9.17, 15) is 14.0 Å². The summed E-state index contributed by atoms with van der Waals surface area (Å²) in [5.74, 6) is 0.683. The summed E-state index contributed by atoms with van der Waals surface area (Å²) < 4.78 is 26.0. The SMILES string of the molecule is CC1CCCC(C)N1C(=O)COc1ccc(C(=O)N(C)Cc2ccc(Br)cc2Oc2ccc(F)c(Cl)c2)cc1. The van der Waals surface area contributed by atoms with Gasteiger partial charge in [-0.2, -0.15) is 0 Å². The van der Waals surface area contributed by atoms with Gasteiger partial charge in [-0.15, -0.1) is 0 Å². The fourth-order valence-electron chi connectivity index (χ4n) is 4.80. The molecule has 2 amide bonds. The van der Waals surface area contributed by atoms with Gasteiger partial charge in [-0.05, 0) is 81.6 Å². The van der Waals surface area contributed by atoms with Gasteiger partial charge >= 0.3 is 0 Å². The van der Waals surface area contributed by atoms with Crippen molar-refractivity contribution < 1.29 is 23.5 Å². The molecule has 1 saturated heterocycles. The zero-order valence-electron chi connectivity index (χ0n) is 22.1. The first-order valence-corrected chi connectivity index (χ1v) is 14.0. The molecule has 9 heteroatoms. The average Bonchev–Trinajstić information content (AvgIpc) is 2.91. The van der Waals surface area contributed by atoms with Crippen LogP contribution in [0.5, 0.6) is 17.2 Å². The molecule has 2 unspecified atom stereocenters. The third-order valence-electron chi connectivity index (χ3n) is 6.85. The van der Waals surface area contributed by atoms with Crippen LogP contribution in [0.25, 0.3) is 0 Å².